The maximum absolute atomic E-state index is 11.9. The molecule has 86 valence electrons. The molecule has 1 aliphatic rings. The van der Waals surface area contributed by atoms with Gasteiger partial charge in [0.05, 0.1) is 12.7 Å². The molecule has 1 amide bonds. The Hall–Kier alpha value is -1.22. The third kappa shape index (κ3) is 2.30. The molecule has 0 aliphatic heterocycles. The smallest absolute Gasteiger partial charge is 0.255 e. The lowest BCUT2D eigenvalue weighted by Gasteiger charge is -2.10. The minimum absolute atomic E-state index is 0.0842. The topological polar surface area (TPSA) is 38.3 Å². The van der Waals surface area contributed by atoms with Crippen LogP contribution in [0.1, 0.15) is 28.8 Å². The minimum Gasteiger partial charge on any atom is -0.496 e. The summed E-state index contributed by atoms with van der Waals surface area (Å²) >= 11 is 5.98. The maximum atomic E-state index is 11.9. The number of nitrogens with one attached hydrogen (secondary N) is 1. The van der Waals surface area contributed by atoms with Crippen molar-refractivity contribution in [2.24, 2.45) is 0 Å². The average Bonchev–Trinajstić information content (AvgIpc) is 3.05. The Labute approximate surface area is 99.7 Å². The standard InChI is InChI=1S/C12H14ClNO2/c1-7-5-9(11(16-2)6-10(7)13)12(15)14-8-3-4-8/h5-6,8H,3-4H2,1-2H3,(H,14,15). The van der Waals surface area contributed by atoms with Gasteiger partial charge in [0, 0.05) is 11.1 Å². The molecule has 0 atom stereocenters. The largest absolute Gasteiger partial charge is 0.496 e. The number of methoxy groups -OCH3 is 1. The molecule has 0 radical (unpaired) electrons. The van der Waals surface area contributed by atoms with Gasteiger partial charge in [-0.1, -0.05) is 11.6 Å². The highest BCUT2D eigenvalue weighted by molar-refractivity contribution is 6.31. The van der Waals surface area contributed by atoms with Gasteiger partial charge in [0.2, 0.25) is 0 Å². The summed E-state index contributed by atoms with van der Waals surface area (Å²) in [5.74, 6) is 0.438. The summed E-state index contributed by atoms with van der Waals surface area (Å²) in [7, 11) is 1.54. The zero-order valence-electron chi connectivity index (χ0n) is 9.34. The van der Waals surface area contributed by atoms with Gasteiger partial charge in [0.25, 0.3) is 5.91 Å². The Morgan fingerprint density at radius 2 is 2.19 bits per heavy atom. The molecular weight excluding hydrogens is 226 g/mol. The van der Waals surface area contributed by atoms with Crippen molar-refractivity contribution in [2.45, 2.75) is 25.8 Å². The maximum Gasteiger partial charge on any atom is 0.255 e. The van der Waals surface area contributed by atoms with E-state index in [0.29, 0.717) is 22.4 Å². The third-order valence-electron chi connectivity index (χ3n) is 2.64. The number of hydrogen-bond acceptors (Lipinski definition) is 2. The first-order valence-electron chi connectivity index (χ1n) is 5.27. The van der Waals surface area contributed by atoms with Gasteiger partial charge in [-0.3, -0.25) is 4.79 Å². The van der Waals surface area contributed by atoms with Gasteiger partial charge < -0.3 is 10.1 Å². The third-order valence-corrected chi connectivity index (χ3v) is 3.05. The molecule has 0 aromatic heterocycles. The van der Waals surface area contributed by atoms with Gasteiger partial charge in [-0.05, 0) is 37.5 Å². The highest BCUT2D eigenvalue weighted by atomic mass is 35.5. The van der Waals surface area contributed by atoms with E-state index in [0.717, 1.165) is 18.4 Å². The molecule has 0 spiro atoms. The first kappa shape index (κ1) is 11.3. The van der Waals surface area contributed by atoms with Crippen LogP contribution in [0, 0.1) is 6.92 Å². The van der Waals surface area contributed by atoms with Crippen LogP contribution in [-0.4, -0.2) is 19.1 Å². The Morgan fingerprint density at radius 1 is 1.50 bits per heavy atom. The number of aryl methyl sites for hydroxylation is 1. The van der Waals surface area contributed by atoms with Crippen LogP contribution in [-0.2, 0) is 0 Å². The molecule has 1 fully saturated rings. The number of ether oxygens (including phenoxy) is 1. The van der Waals surface area contributed by atoms with Crippen molar-refractivity contribution in [3.8, 4) is 5.75 Å². The monoisotopic (exact) mass is 239 g/mol. The van der Waals surface area contributed by atoms with Crippen LogP contribution < -0.4 is 10.1 Å². The van der Waals surface area contributed by atoms with Gasteiger partial charge in [-0.2, -0.15) is 0 Å². The molecule has 0 unspecified atom stereocenters. The normalized spacial score (nSPS) is 14.7. The number of carbonyl (C=O) groups is 1. The molecule has 1 saturated carbocycles. The molecule has 0 saturated heterocycles. The van der Waals surface area contributed by atoms with E-state index in [1.807, 2.05) is 6.92 Å². The number of hydrogen-bond donors (Lipinski definition) is 1. The van der Waals surface area contributed by atoms with Crippen molar-refractivity contribution in [3.05, 3.63) is 28.3 Å². The SMILES string of the molecule is COc1cc(Cl)c(C)cc1C(=O)NC1CC1. The first-order valence-corrected chi connectivity index (χ1v) is 5.64. The van der Waals surface area contributed by atoms with Crippen LogP contribution in [0.5, 0.6) is 5.75 Å². The fraction of sp³-hybridized carbons (Fsp3) is 0.417. The summed E-state index contributed by atoms with van der Waals surface area (Å²) in [6, 6.07) is 3.78. The molecule has 1 aromatic carbocycles. The zero-order chi connectivity index (χ0) is 11.7. The second kappa shape index (κ2) is 4.34. The highest BCUT2D eigenvalue weighted by Crippen LogP contribution is 2.28. The number of rotatable bonds is 3. The van der Waals surface area contributed by atoms with Crippen LogP contribution in [0.15, 0.2) is 12.1 Å². The van der Waals surface area contributed by atoms with Gasteiger partial charge in [-0.25, -0.2) is 0 Å². The second-order valence-corrected chi connectivity index (χ2v) is 4.46. The Balaban J connectivity index is 2.29. The van der Waals surface area contributed by atoms with Crippen LogP contribution >= 0.6 is 11.6 Å². The van der Waals surface area contributed by atoms with E-state index in [1.54, 1.807) is 12.1 Å². The fourth-order valence-electron chi connectivity index (χ4n) is 1.50. The van der Waals surface area contributed by atoms with Crippen molar-refractivity contribution in [3.63, 3.8) is 0 Å². The van der Waals surface area contributed by atoms with Gasteiger partial charge >= 0.3 is 0 Å². The molecule has 1 aromatic rings. The highest BCUT2D eigenvalue weighted by Gasteiger charge is 2.25. The van der Waals surface area contributed by atoms with Crippen LogP contribution in [0.2, 0.25) is 5.02 Å². The van der Waals surface area contributed by atoms with Gasteiger partial charge in [0.15, 0.2) is 0 Å². The van der Waals surface area contributed by atoms with E-state index in [2.05, 4.69) is 5.32 Å². The number of amides is 1. The van der Waals surface area contributed by atoms with Crippen molar-refractivity contribution in [1.82, 2.24) is 5.32 Å². The Bertz CT molecular complexity index is 427. The first-order chi connectivity index (χ1) is 7.61. The molecule has 0 heterocycles. The minimum atomic E-state index is -0.0842. The molecule has 0 bridgehead atoms. The molecule has 4 heteroatoms. The Morgan fingerprint density at radius 3 is 2.75 bits per heavy atom. The molecule has 1 aliphatic carbocycles. The zero-order valence-corrected chi connectivity index (χ0v) is 10.1. The van der Waals surface area contributed by atoms with Crippen molar-refractivity contribution in [1.29, 1.82) is 0 Å². The van der Waals surface area contributed by atoms with E-state index < -0.39 is 0 Å². The lowest BCUT2D eigenvalue weighted by molar-refractivity contribution is 0.0948. The molecule has 3 nitrogen and oxygen atoms in total. The lowest BCUT2D eigenvalue weighted by Crippen LogP contribution is -2.25. The van der Waals surface area contributed by atoms with Crippen LogP contribution in [0.3, 0.4) is 0 Å². The van der Waals surface area contributed by atoms with Gasteiger partial charge in [0.1, 0.15) is 5.75 Å². The summed E-state index contributed by atoms with van der Waals surface area (Å²) in [5, 5.41) is 3.54. The predicted molar refractivity (Wildman–Crippen MR) is 63.2 cm³/mol. The van der Waals surface area contributed by atoms with E-state index in [1.165, 1.54) is 7.11 Å². The molecule has 2 rings (SSSR count). The summed E-state index contributed by atoms with van der Waals surface area (Å²) in [4.78, 5) is 11.9. The molecule has 1 N–H and O–H groups in total. The van der Waals surface area contributed by atoms with E-state index in [-0.39, 0.29) is 5.91 Å². The van der Waals surface area contributed by atoms with Crippen LogP contribution in [0.25, 0.3) is 0 Å². The number of benzene rings is 1. The number of halogens is 1. The summed E-state index contributed by atoms with van der Waals surface area (Å²) < 4.78 is 5.16. The number of carbonyl (C=O) groups excluding carboxylic acids is 1. The average molecular weight is 240 g/mol. The quantitative estimate of drug-likeness (QED) is 0.881. The van der Waals surface area contributed by atoms with Crippen LogP contribution in [0.4, 0.5) is 0 Å². The second-order valence-electron chi connectivity index (χ2n) is 4.05. The fourth-order valence-corrected chi connectivity index (χ4v) is 1.65. The summed E-state index contributed by atoms with van der Waals surface area (Å²) in [5.41, 5.74) is 1.43. The predicted octanol–water partition coefficient (Wildman–Crippen LogP) is 2.55. The van der Waals surface area contributed by atoms with Crippen molar-refractivity contribution < 1.29 is 9.53 Å². The van der Waals surface area contributed by atoms with Gasteiger partial charge in [-0.15, -0.1) is 0 Å². The van der Waals surface area contributed by atoms with E-state index in [4.69, 9.17) is 16.3 Å². The lowest BCUT2D eigenvalue weighted by atomic mass is 10.1. The van der Waals surface area contributed by atoms with Crippen molar-refractivity contribution >= 4 is 17.5 Å². The van der Waals surface area contributed by atoms with E-state index >= 15 is 0 Å². The Kier molecular flexibility index (Phi) is 3.06. The summed E-state index contributed by atoms with van der Waals surface area (Å²) in [6.07, 6.45) is 2.14. The van der Waals surface area contributed by atoms with E-state index in [9.17, 15) is 4.79 Å². The molecular formula is C12H14ClNO2. The van der Waals surface area contributed by atoms with Crippen molar-refractivity contribution in [2.75, 3.05) is 7.11 Å². The molecule has 16 heavy (non-hydrogen) atoms. The summed E-state index contributed by atoms with van der Waals surface area (Å²) in [6.45, 7) is 1.87.